The highest BCUT2D eigenvalue weighted by Crippen LogP contribution is 2.46. The number of sulfonamides is 1. The molecule has 2 aromatic heterocycles. The van der Waals surface area contributed by atoms with Gasteiger partial charge in [0.25, 0.3) is 9.05 Å². The van der Waals surface area contributed by atoms with Gasteiger partial charge in [0.1, 0.15) is 24.0 Å². The van der Waals surface area contributed by atoms with Crippen molar-refractivity contribution in [3.05, 3.63) is 161 Å². The van der Waals surface area contributed by atoms with Crippen LogP contribution in [0, 0.1) is 30.1 Å². The standard InChI is InChI=1S/C35H47N3O3S.C20H24N3O.C15H23ClO2S.CH2Cl2/c1-9-24-20-38-15-13-25(24)18-33(38)34(28-12-14-36-32-11-10-27(41-8)19-31(28)32)37-42(39,40)35-29(22(4)5)16-26(21(2)3)17-30(35)23(6)7;1-3-13-12-23-9-7-14(13)10-19(23)20(21)16-6-8-22-18-5-4-15(24-2)11-17(16)18;1-9(2)12-7-13(10(3)4)15(19(16,17)18)14(8-12)11(5)6;2-1-3/h9-12,14,16-17,19,21-25,33-34,37H,1,13,15,18,20H2,2-8H3;3-8,11,13-14,19-20H,1,9-10,12,21H2,2H3;7-11H,1-6H3;1H2/q;+1;;/t24?,25?,33?,34-;13?,14?,19?,20-;;/m00../s1. The van der Waals surface area contributed by atoms with Gasteiger partial charge in [0.15, 0.2) is 0 Å². The lowest BCUT2D eigenvalue weighted by Crippen LogP contribution is -2.57. The number of rotatable bonds is 18. The number of alkyl halides is 2. The molecule has 8 unspecified atom stereocenters. The molecule has 8 heterocycles. The number of nitrogens with zero attached hydrogens (tertiary/aromatic N) is 4. The largest absolute Gasteiger partial charge is 0.497 e. The van der Waals surface area contributed by atoms with Gasteiger partial charge in [-0.15, -0.1) is 36.4 Å². The second kappa shape index (κ2) is 30.6. The molecule has 478 valence electrons. The Kier molecular flexibility index (Phi) is 24.6. The summed E-state index contributed by atoms with van der Waals surface area (Å²) < 4.78 is 67.7. The zero-order valence-electron chi connectivity index (χ0n) is 54.2. The van der Waals surface area contributed by atoms with Crippen molar-refractivity contribution in [1.82, 2.24) is 24.5 Å². The van der Waals surface area contributed by atoms with Gasteiger partial charge in [0.05, 0.1) is 52.8 Å². The minimum Gasteiger partial charge on any atom is -0.497 e. The first-order valence-electron chi connectivity index (χ1n) is 31.2. The molecule has 17 heteroatoms. The minimum atomic E-state index is -3.92. The summed E-state index contributed by atoms with van der Waals surface area (Å²) in [5.41, 5.74) is 16.4. The van der Waals surface area contributed by atoms with E-state index in [9.17, 15) is 16.8 Å². The summed E-state index contributed by atoms with van der Waals surface area (Å²) in [6.07, 6.45) is 13.4. The van der Waals surface area contributed by atoms with Crippen molar-refractivity contribution in [2.45, 2.75) is 172 Å². The van der Waals surface area contributed by atoms with E-state index in [-0.39, 0.29) is 41.1 Å². The molecule has 0 spiro atoms. The molecule has 0 saturated carbocycles. The van der Waals surface area contributed by atoms with Crippen LogP contribution in [0.3, 0.4) is 0 Å². The number of fused-ring (bicyclic) bond motifs is 8. The number of hydrogen-bond acceptors (Lipinski definition) is 11. The fourth-order valence-corrected chi connectivity index (χ4v) is 17.1. The van der Waals surface area contributed by atoms with Gasteiger partial charge >= 0.3 is 0 Å². The number of nitrogens with two attached hydrogens (primary N) is 1. The molecule has 0 amide bonds. The van der Waals surface area contributed by atoms with Crippen LogP contribution in [0.25, 0.3) is 21.8 Å². The summed E-state index contributed by atoms with van der Waals surface area (Å²) in [6.45, 7) is 36.9. The number of halogens is 3. The number of pyridine rings is 2. The van der Waals surface area contributed by atoms with Crippen LogP contribution in [0.2, 0.25) is 0 Å². The average Bonchev–Trinajstić information content (AvgIpc) is 0.845. The fraction of sp³-hybridized carbons (Fsp3) is 0.507. The van der Waals surface area contributed by atoms with E-state index < -0.39 is 25.1 Å². The SMILES string of the molecule is C=CC1CN2CCC1CC2[C@@H](NS(=O)(=O)c1c(C(C)C)cc(C(C)C)cc1C(C)C)c1ccnc2ccc(OC)cc12.C=CC1CN2C[CH+]C1CC2[C@@H](N)c1ccnc2ccc(OC)cc12.CC(C)c1cc(C(C)C)c(S(=O)(=O)Cl)c(C(C)C)c1.ClCCl. The van der Waals surface area contributed by atoms with Gasteiger partial charge in [-0.2, -0.15) is 0 Å². The second-order valence-electron chi connectivity index (χ2n) is 26.0. The molecular formula is C71H96Cl3N6O6S2+. The summed E-state index contributed by atoms with van der Waals surface area (Å²) in [5, 5.41) is 2.20. The average molecular weight is 1300 g/mol. The lowest BCUT2D eigenvalue weighted by molar-refractivity contribution is 0.00490. The van der Waals surface area contributed by atoms with Gasteiger partial charge in [-0.25, -0.2) is 21.6 Å². The number of hydrogen-bond donors (Lipinski definition) is 2. The summed E-state index contributed by atoms with van der Waals surface area (Å²) in [6, 6.07) is 24.0. The molecule has 88 heavy (non-hydrogen) atoms. The molecule has 6 aromatic rings. The topological polar surface area (TPSA) is 157 Å². The molecule has 12 nitrogen and oxygen atoms in total. The van der Waals surface area contributed by atoms with Gasteiger partial charge < -0.3 is 15.2 Å². The Labute approximate surface area is 541 Å². The summed E-state index contributed by atoms with van der Waals surface area (Å²) in [4.78, 5) is 14.8. The number of benzene rings is 4. The molecule has 10 atom stereocenters. The van der Waals surface area contributed by atoms with Crippen LogP contribution in [-0.2, 0) is 19.1 Å². The lowest BCUT2D eigenvalue weighted by atomic mass is 9.73. The Bertz CT molecular complexity index is 3560. The number of piperidine rings is 6. The van der Waals surface area contributed by atoms with E-state index in [4.69, 9.17) is 49.1 Å². The van der Waals surface area contributed by atoms with Gasteiger partial charge in [-0.3, -0.25) is 19.8 Å². The van der Waals surface area contributed by atoms with E-state index >= 15 is 0 Å². The summed E-state index contributed by atoms with van der Waals surface area (Å²) in [5.74, 6) is 4.70. The molecule has 0 radical (unpaired) electrons. The highest BCUT2D eigenvalue weighted by Gasteiger charge is 2.48. The van der Waals surface area contributed by atoms with Gasteiger partial charge in [0, 0.05) is 77.4 Å². The first-order valence-corrected chi connectivity index (χ1v) is 36.1. The van der Waals surface area contributed by atoms with Crippen molar-refractivity contribution in [3.8, 4) is 11.5 Å². The highest BCUT2D eigenvalue weighted by molar-refractivity contribution is 8.13. The van der Waals surface area contributed by atoms with Crippen LogP contribution >= 0.6 is 33.9 Å². The van der Waals surface area contributed by atoms with E-state index in [2.05, 4.69) is 130 Å². The third kappa shape index (κ3) is 16.1. The van der Waals surface area contributed by atoms with Crippen LogP contribution in [0.15, 0.2) is 120 Å². The van der Waals surface area contributed by atoms with E-state index in [1.54, 1.807) is 20.4 Å². The molecule has 6 aliphatic heterocycles. The molecule has 4 bridgehead atoms. The highest BCUT2D eigenvalue weighted by atomic mass is 35.7. The zero-order chi connectivity index (χ0) is 64.7. The number of methoxy groups -OCH3 is 2. The van der Waals surface area contributed by atoms with Crippen LogP contribution in [0.4, 0.5) is 0 Å². The van der Waals surface area contributed by atoms with E-state index in [1.807, 2.05) is 88.5 Å². The Hall–Kier alpha value is -4.74. The second-order valence-corrected chi connectivity index (χ2v) is 31.0. The Morgan fingerprint density at radius 1 is 0.625 bits per heavy atom. The molecule has 6 saturated heterocycles. The van der Waals surface area contributed by atoms with Crippen molar-refractivity contribution in [3.63, 3.8) is 0 Å². The lowest BCUT2D eigenvalue weighted by Gasteiger charge is -2.51. The van der Waals surface area contributed by atoms with Crippen LogP contribution < -0.4 is 19.9 Å². The van der Waals surface area contributed by atoms with E-state index in [0.717, 1.165) is 118 Å². The maximum absolute atomic E-state index is 14.8. The molecule has 6 aliphatic rings. The quantitative estimate of drug-likeness (QED) is 0.0365. The predicted octanol–water partition coefficient (Wildman–Crippen LogP) is 16.9. The monoisotopic (exact) mass is 1300 g/mol. The van der Waals surface area contributed by atoms with Gasteiger partial charge in [-0.1, -0.05) is 120 Å². The van der Waals surface area contributed by atoms with Crippen molar-refractivity contribution < 1.29 is 26.3 Å². The van der Waals surface area contributed by atoms with Crippen molar-refractivity contribution >= 4 is 74.8 Å². The van der Waals surface area contributed by atoms with Crippen LogP contribution in [0.1, 0.15) is 194 Å². The van der Waals surface area contributed by atoms with Crippen LogP contribution in [0.5, 0.6) is 11.5 Å². The smallest absolute Gasteiger partial charge is 0.261 e. The molecule has 12 rings (SSSR count). The van der Waals surface area contributed by atoms with Crippen molar-refractivity contribution in [2.75, 3.05) is 45.7 Å². The first-order chi connectivity index (χ1) is 41.6. The predicted molar refractivity (Wildman–Crippen MR) is 367 cm³/mol. The Morgan fingerprint density at radius 2 is 1.08 bits per heavy atom. The number of ether oxygens (including phenoxy) is 2. The molecular weight excluding hydrogens is 1200 g/mol. The minimum absolute atomic E-state index is 0.0199. The Balaban J connectivity index is 0.000000202. The first kappa shape index (κ1) is 70.7. The molecule has 0 aliphatic carbocycles. The summed E-state index contributed by atoms with van der Waals surface area (Å²) >= 11 is 9.53. The Morgan fingerprint density at radius 3 is 1.48 bits per heavy atom. The number of nitrogens with one attached hydrogen (secondary N) is 1. The van der Waals surface area contributed by atoms with E-state index in [1.165, 1.54) is 5.56 Å². The van der Waals surface area contributed by atoms with Crippen molar-refractivity contribution in [2.24, 2.45) is 29.4 Å². The maximum atomic E-state index is 14.8. The number of aromatic nitrogens is 2. The third-order valence-corrected chi connectivity index (χ3v) is 21.5. The fourth-order valence-electron chi connectivity index (χ4n) is 13.5. The van der Waals surface area contributed by atoms with Gasteiger partial charge in [0.2, 0.25) is 10.0 Å². The maximum Gasteiger partial charge on any atom is 0.261 e. The molecule has 6 fully saturated rings. The molecule has 3 N–H and O–H groups in total. The van der Waals surface area contributed by atoms with Gasteiger partial charge in [-0.05, 0) is 160 Å². The van der Waals surface area contributed by atoms with E-state index in [0.29, 0.717) is 51.3 Å². The summed E-state index contributed by atoms with van der Waals surface area (Å²) in [7, 11) is 1.36. The van der Waals surface area contributed by atoms with Crippen molar-refractivity contribution in [1.29, 1.82) is 0 Å². The zero-order valence-corrected chi connectivity index (χ0v) is 58.1. The third-order valence-electron chi connectivity index (χ3n) is 18.5. The van der Waals surface area contributed by atoms with Crippen LogP contribution in [-0.4, -0.2) is 94.4 Å². The molecule has 4 aromatic carbocycles. The normalized spacial score (nSPS) is 22.2.